The molecule has 1 aromatic rings. The number of rotatable bonds is 5. The van der Waals surface area contributed by atoms with Crippen LogP contribution in [0.1, 0.15) is 42.4 Å². The van der Waals surface area contributed by atoms with Crippen molar-refractivity contribution in [1.29, 1.82) is 0 Å². The van der Waals surface area contributed by atoms with Crippen LogP contribution in [0.15, 0.2) is 12.1 Å². The smallest absolute Gasteiger partial charge is 0.325 e. The highest BCUT2D eigenvalue weighted by molar-refractivity contribution is 6.07. The highest BCUT2D eigenvalue weighted by Gasteiger charge is 2.52. The zero-order valence-corrected chi connectivity index (χ0v) is 15.1. The Morgan fingerprint density at radius 2 is 1.84 bits per heavy atom. The molecule has 3 amide bonds. The van der Waals surface area contributed by atoms with E-state index >= 15 is 0 Å². The van der Waals surface area contributed by atoms with Gasteiger partial charge in [-0.3, -0.25) is 9.69 Å². The first-order valence-corrected chi connectivity index (χ1v) is 8.86. The lowest BCUT2D eigenvalue weighted by Gasteiger charge is -2.22. The minimum atomic E-state index is -0.925. The standard InChI is InChI=1S/C19H26N2O4/c1-12-6-7-13(2)16(14(12)3)25-11-15(22)10-21-17(23)19(20-18(21)24)8-4-5-9-19/h6-7,15,22H,4-5,8-11H2,1-3H3,(H,20,24)/t15-/m1/s1. The summed E-state index contributed by atoms with van der Waals surface area (Å²) in [5.41, 5.74) is 2.41. The van der Waals surface area contributed by atoms with E-state index in [-0.39, 0.29) is 19.1 Å². The van der Waals surface area contributed by atoms with Gasteiger partial charge in [-0.2, -0.15) is 0 Å². The highest BCUT2D eigenvalue weighted by atomic mass is 16.5. The van der Waals surface area contributed by atoms with Crippen LogP contribution in [0, 0.1) is 20.8 Å². The quantitative estimate of drug-likeness (QED) is 0.801. The Bertz CT molecular complexity index is 695. The van der Waals surface area contributed by atoms with Crippen LogP contribution in [0.4, 0.5) is 4.79 Å². The maximum atomic E-state index is 12.6. The number of benzene rings is 1. The molecular formula is C19H26N2O4. The fourth-order valence-electron chi connectivity index (χ4n) is 3.75. The number of carbonyl (C=O) groups excluding carboxylic acids is 2. The summed E-state index contributed by atoms with van der Waals surface area (Å²) in [6.07, 6.45) is 2.32. The molecule has 6 nitrogen and oxygen atoms in total. The lowest BCUT2D eigenvalue weighted by Crippen LogP contribution is -2.45. The Kier molecular flexibility index (Phi) is 4.73. The molecule has 1 aromatic carbocycles. The van der Waals surface area contributed by atoms with E-state index in [1.165, 1.54) is 0 Å². The normalized spacial score (nSPS) is 20.2. The van der Waals surface area contributed by atoms with E-state index in [1.54, 1.807) is 0 Å². The summed E-state index contributed by atoms with van der Waals surface area (Å²) in [4.78, 5) is 25.9. The second-order valence-corrected chi connectivity index (χ2v) is 7.25. The Balaban J connectivity index is 1.62. The van der Waals surface area contributed by atoms with Gasteiger partial charge in [0, 0.05) is 0 Å². The number of ether oxygens (including phenoxy) is 1. The third-order valence-corrected chi connectivity index (χ3v) is 5.39. The van der Waals surface area contributed by atoms with Crippen molar-refractivity contribution < 1.29 is 19.4 Å². The maximum absolute atomic E-state index is 12.6. The van der Waals surface area contributed by atoms with E-state index < -0.39 is 17.7 Å². The van der Waals surface area contributed by atoms with Gasteiger partial charge in [0.1, 0.15) is 24.0 Å². The molecule has 1 atom stereocenters. The van der Waals surface area contributed by atoms with Gasteiger partial charge in [-0.25, -0.2) is 4.79 Å². The predicted octanol–water partition coefficient (Wildman–Crippen LogP) is 2.22. The Morgan fingerprint density at radius 1 is 1.20 bits per heavy atom. The first-order valence-electron chi connectivity index (χ1n) is 8.86. The van der Waals surface area contributed by atoms with Gasteiger partial charge in [-0.05, 0) is 50.3 Å². The molecule has 2 fully saturated rings. The molecule has 0 bridgehead atoms. The second-order valence-electron chi connectivity index (χ2n) is 7.25. The lowest BCUT2D eigenvalue weighted by atomic mass is 9.98. The van der Waals surface area contributed by atoms with E-state index in [0.29, 0.717) is 12.8 Å². The summed E-state index contributed by atoms with van der Waals surface area (Å²) < 4.78 is 5.79. The van der Waals surface area contributed by atoms with Gasteiger partial charge < -0.3 is 15.2 Å². The van der Waals surface area contributed by atoms with Crippen LogP contribution in [0.25, 0.3) is 0 Å². The topological polar surface area (TPSA) is 78.9 Å². The monoisotopic (exact) mass is 346 g/mol. The molecule has 3 rings (SSSR count). The molecule has 2 aliphatic rings. The number of hydrogen-bond donors (Lipinski definition) is 2. The molecule has 0 unspecified atom stereocenters. The molecule has 0 aromatic heterocycles. The van der Waals surface area contributed by atoms with Crippen LogP contribution in [-0.2, 0) is 4.79 Å². The van der Waals surface area contributed by atoms with Gasteiger partial charge in [0.05, 0.1) is 6.54 Å². The molecule has 136 valence electrons. The number of nitrogens with zero attached hydrogens (tertiary/aromatic N) is 1. The molecule has 1 saturated carbocycles. The van der Waals surface area contributed by atoms with Crippen LogP contribution in [0.5, 0.6) is 5.75 Å². The van der Waals surface area contributed by atoms with Crippen LogP contribution in [-0.4, -0.2) is 46.7 Å². The van der Waals surface area contributed by atoms with Crippen molar-refractivity contribution in [2.24, 2.45) is 0 Å². The van der Waals surface area contributed by atoms with Gasteiger partial charge in [-0.1, -0.05) is 25.0 Å². The second kappa shape index (κ2) is 6.67. The summed E-state index contributed by atoms with van der Waals surface area (Å²) in [7, 11) is 0. The maximum Gasteiger partial charge on any atom is 0.325 e. The summed E-state index contributed by atoms with van der Waals surface area (Å²) in [5.74, 6) is 0.542. The van der Waals surface area contributed by atoms with Crippen LogP contribution >= 0.6 is 0 Å². The molecule has 1 aliphatic carbocycles. The minimum absolute atomic E-state index is 0.0369. The lowest BCUT2D eigenvalue weighted by molar-refractivity contribution is -0.132. The molecule has 1 aliphatic heterocycles. The van der Waals surface area contributed by atoms with E-state index in [1.807, 2.05) is 32.9 Å². The number of urea groups is 1. The number of aliphatic hydroxyl groups is 1. The fraction of sp³-hybridized carbons (Fsp3) is 0.579. The summed E-state index contributed by atoms with van der Waals surface area (Å²) in [5, 5.41) is 13.1. The molecule has 0 radical (unpaired) electrons. The zero-order valence-electron chi connectivity index (χ0n) is 15.1. The summed E-state index contributed by atoms with van der Waals surface area (Å²) in [6.45, 7) is 5.93. The molecule has 1 heterocycles. The average Bonchev–Trinajstić information content (AvgIpc) is 3.12. The van der Waals surface area contributed by atoms with Crippen molar-refractivity contribution in [1.82, 2.24) is 10.2 Å². The third-order valence-electron chi connectivity index (χ3n) is 5.39. The molecular weight excluding hydrogens is 320 g/mol. The van der Waals surface area contributed by atoms with Gasteiger partial charge in [0.15, 0.2) is 0 Å². The number of aliphatic hydroxyl groups excluding tert-OH is 1. The Hall–Kier alpha value is -2.08. The van der Waals surface area contributed by atoms with E-state index in [0.717, 1.165) is 40.2 Å². The number of aryl methyl sites for hydroxylation is 2. The van der Waals surface area contributed by atoms with Crippen LogP contribution in [0.3, 0.4) is 0 Å². The van der Waals surface area contributed by atoms with Crippen molar-refractivity contribution in [2.45, 2.75) is 58.1 Å². The van der Waals surface area contributed by atoms with E-state index in [9.17, 15) is 14.7 Å². The molecule has 2 N–H and O–H groups in total. The van der Waals surface area contributed by atoms with Gasteiger partial charge in [-0.15, -0.1) is 0 Å². The molecule has 6 heteroatoms. The summed E-state index contributed by atoms with van der Waals surface area (Å²) >= 11 is 0. The number of nitrogens with one attached hydrogen (secondary N) is 1. The third kappa shape index (κ3) is 3.23. The largest absolute Gasteiger partial charge is 0.490 e. The summed E-state index contributed by atoms with van der Waals surface area (Å²) in [6, 6.07) is 3.60. The van der Waals surface area contributed by atoms with Gasteiger partial charge >= 0.3 is 6.03 Å². The fourth-order valence-corrected chi connectivity index (χ4v) is 3.75. The van der Waals surface area contributed by atoms with Crippen molar-refractivity contribution in [3.8, 4) is 5.75 Å². The van der Waals surface area contributed by atoms with Crippen LogP contribution in [0.2, 0.25) is 0 Å². The van der Waals surface area contributed by atoms with E-state index in [2.05, 4.69) is 5.32 Å². The number of β-amino-alcohol motifs (C(OH)–C–C–N with tert-alkyl or cyclic N) is 1. The Labute approximate surface area is 148 Å². The predicted molar refractivity (Wildman–Crippen MR) is 93.6 cm³/mol. The number of imide groups is 1. The molecule has 1 saturated heterocycles. The van der Waals surface area contributed by atoms with Gasteiger partial charge in [0.25, 0.3) is 5.91 Å². The van der Waals surface area contributed by atoms with Crippen molar-refractivity contribution in [3.63, 3.8) is 0 Å². The number of hydrogen-bond acceptors (Lipinski definition) is 4. The highest BCUT2D eigenvalue weighted by Crippen LogP contribution is 2.35. The van der Waals surface area contributed by atoms with E-state index in [4.69, 9.17) is 4.74 Å². The SMILES string of the molecule is Cc1ccc(C)c(OC[C@H](O)CN2C(=O)NC3(CCCC3)C2=O)c1C. The first kappa shape index (κ1) is 17.7. The van der Waals surface area contributed by atoms with Crippen molar-refractivity contribution in [3.05, 3.63) is 28.8 Å². The minimum Gasteiger partial charge on any atom is -0.490 e. The van der Waals surface area contributed by atoms with Crippen molar-refractivity contribution in [2.75, 3.05) is 13.2 Å². The average molecular weight is 346 g/mol. The Morgan fingerprint density at radius 3 is 2.52 bits per heavy atom. The van der Waals surface area contributed by atoms with Gasteiger partial charge in [0.2, 0.25) is 0 Å². The first-order chi connectivity index (χ1) is 11.8. The number of amides is 3. The molecule has 25 heavy (non-hydrogen) atoms. The zero-order chi connectivity index (χ0) is 18.2. The van der Waals surface area contributed by atoms with Crippen LogP contribution < -0.4 is 10.1 Å². The molecule has 1 spiro atoms. The van der Waals surface area contributed by atoms with Crippen molar-refractivity contribution >= 4 is 11.9 Å². The number of carbonyl (C=O) groups is 2.